The Kier molecular flexibility index (Phi) is 4.66. The number of halogens is 1. The lowest BCUT2D eigenvalue weighted by Crippen LogP contribution is -2.31. The number of hydrogen-bond acceptors (Lipinski definition) is 4. The van der Waals surface area contributed by atoms with E-state index in [1.807, 2.05) is 6.07 Å². The summed E-state index contributed by atoms with van der Waals surface area (Å²) in [4.78, 5) is 30.8. The molecule has 0 spiro atoms. The van der Waals surface area contributed by atoms with E-state index in [1.54, 1.807) is 46.5 Å². The Morgan fingerprint density at radius 3 is 2.67 bits per heavy atom. The van der Waals surface area contributed by atoms with Crippen LogP contribution in [0.1, 0.15) is 5.56 Å². The third kappa shape index (κ3) is 3.65. The normalized spacial score (nSPS) is 14.1. The summed E-state index contributed by atoms with van der Waals surface area (Å²) in [7, 11) is 0. The van der Waals surface area contributed by atoms with E-state index < -0.39 is 6.09 Å². The predicted octanol–water partition coefficient (Wildman–Crippen LogP) is 2.74. The molecule has 1 aromatic heterocycles. The second kappa shape index (κ2) is 6.88. The van der Waals surface area contributed by atoms with E-state index in [-0.39, 0.29) is 6.03 Å². The van der Waals surface area contributed by atoms with Crippen molar-refractivity contribution in [2.24, 2.45) is 5.73 Å². The second-order valence-corrected chi connectivity index (χ2v) is 6.20. The zero-order chi connectivity index (χ0) is 17.1. The summed E-state index contributed by atoms with van der Waals surface area (Å²) < 4.78 is 5.61. The maximum absolute atomic E-state index is 12.6. The fourth-order valence-corrected chi connectivity index (χ4v) is 2.87. The van der Waals surface area contributed by atoms with Crippen molar-refractivity contribution in [1.82, 2.24) is 9.88 Å². The lowest BCUT2D eigenvalue weighted by atomic mass is 10.2. The lowest BCUT2D eigenvalue weighted by Gasteiger charge is -2.18. The molecule has 1 saturated heterocycles. The van der Waals surface area contributed by atoms with Crippen LogP contribution >= 0.6 is 15.9 Å². The summed E-state index contributed by atoms with van der Waals surface area (Å²) in [6.45, 7) is 1.72. The van der Waals surface area contributed by atoms with E-state index in [9.17, 15) is 9.59 Å². The van der Waals surface area contributed by atoms with Gasteiger partial charge in [0.15, 0.2) is 0 Å². The van der Waals surface area contributed by atoms with Crippen molar-refractivity contribution < 1.29 is 14.3 Å². The van der Waals surface area contributed by atoms with Crippen LogP contribution in [-0.2, 0) is 6.54 Å². The summed E-state index contributed by atoms with van der Waals surface area (Å²) in [5.41, 5.74) is 6.67. The molecule has 0 saturated carbocycles. The number of ether oxygens (including phenoxy) is 1. The SMILES string of the molecule is NC(=O)Oc1ccc(CN2CCN(c3cncc(Br)c3)C2=O)cc1. The van der Waals surface area contributed by atoms with E-state index in [4.69, 9.17) is 10.5 Å². The smallest absolute Gasteiger partial charge is 0.409 e. The van der Waals surface area contributed by atoms with E-state index in [1.165, 1.54) is 0 Å². The van der Waals surface area contributed by atoms with Gasteiger partial charge in [-0.25, -0.2) is 9.59 Å². The second-order valence-electron chi connectivity index (χ2n) is 5.28. The topological polar surface area (TPSA) is 88.8 Å². The predicted molar refractivity (Wildman–Crippen MR) is 91.7 cm³/mol. The number of hydrogen-bond donors (Lipinski definition) is 1. The highest BCUT2D eigenvalue weighted by Crippen LogP contribution is 2.24. The average molecular weight is 391 g/mol. The van der Waals surface area contributed by atoms with Crippen molar-refractivity contribution in [3.05, 3.63) is 52.8 Å². The molecular weight excluding hydrogens is 376 g/mol. The molecule has 2 aromatic rings. The monoisotopic (exact) mass is 390 g/mol. The molecular formula is C16H15BrN4O3. The van der Waals surface area contributed by atoms with Crippen LogP contribution in [0.3, 0.4) is 0 Å². The fourth-order valence-electron chi connectivity index (χ4n) is 2.52. The number of aromatic nitrogens is 1. The third-order valence-corrected chi connectivity index (χ3v) is 4.05. The highest BCUT2D eigenvalue weighted by molar-refractivity contribution is 9.10. The minimum atomic E-state index is -0.851. The number of nitrogens with zero attached hydrogens (tertiary/aromatic N) is 3. The molecule has 1 aromatic carbocycles. The number of rotatable bonds is 4. The molecule has 8 heteroatoms. The number of primary amides is 1. The standard InChI is InChI=1S/C16H15BrN4O3/c17-12-7-13(9-19-8-12)21-6-5-20(16(21)23)10-11-1-3-14(4-2-11)24-15(18)22/h1-4,7-9H,5-6,10H2,(H2,18,22). The molecule has 0 bridgehead atoms. The highest BCUT2D eigenvalue weighted by Gasteiger charge is 2.29. The number of anilines is 1. The van der Waals surface area contributed by atoms with Gasteiger partial charge in [-0.1, -0.05) is 12.1 Å². The van der Waals surface area contributed by atoms with Crippen LogP contribution in [0.4, 0.5) is 15.3 Å². The summed E-state index contributed by atoms with van der Waals surface area (Å²) in [5, 5.41) is 0. The Hall–Kier alpha value is -2.61. The number of pyridine rings is 1. The lowest BCUT2D eigenvalue weighted by molar-refractivity contribution is 0.211. The third-order valence-electron chi connectivity index (χ3n) is 3.61. The van der Waals surface area contributed by atoms with Gasteiger partial charge in [0.05, 0.1) is 11.9 Å². The van der Waals surface area contributed by atoms with Gasteiger partial charge in [-0.2, -0.15) is 0 Å². The Bertz CT molecular complexity index is 766. The van der Waals surface area contributed by atoms with E-state index >= 15 is 0 Å². The molecule has 0 aliphatic carbocycles. The molecule has 1 aliphatic heterocycles. The molecule has 2 N–H and O–H groups in total. The number of carbonyl (C=O) groups excluding carboxylic acids is 2. The summed E-state index contributed by atoms with van der Waals surface area (Å²) in [5.74, 6) is 0.376. The van der Waals surface area contributed by atoms with Crippen LogP contribution in [0.15, 0.2) is 47.2 Å². The van der Waals surface area contributed by atoms with Crippen molar-refractivity contribution in [3.63, 3.8) is 0 Å². The molecule has 1 aliphatic rings. The minimum absolute atomic E-state index is 0.0626. The minimum Gasteiger partial charge on any atom is -0.411 e. The van der Waals surface area contributed by atoms with Gasteiger partial charge in [-0.05, 0) is 39.7 Å². The van der Waals surface area contributed by atoms with Gasteiger partial charge in [-0.3, -0.25) is 9.88 Å². The van der Waals surface area contributed by atoms with Crippen LogP contribution in [0.2, 0.25) is 0 Å². The number of urea groups is 1. The van der Waals surface area contributed by atoms with Crippen molar-refractivity contribution in [2.75, 3.05) is 18.0 Å². The maximum Gasteiger partial charge on any atom is 0.409 e. The Morgan fingerprint density at radius 2 is 2.00 bits per heavy atom. The van der Waals surface area contributed by atoms with Crippen molar-refractivity contribution in [1.29, 1.82) is 0 Å². The maximum atomic E-state index is 12.6. The van der Waals surface area contributed by atoms with Gasteiger partial charge in [0.25, 0.3) is 0 Å². The molecule has 2 heterocycles. The Balaban J connectivity index is 1.66. The summed E-state index contributed by atoms with van der Waals surface area (Å²) >= 11 is 3.36. The number of benzene rings is 1. The van der Waals surface area contributed by atoms with Gasteiger partial charge in [0.1, 0.15) is 5.75 Å². The largest absolute Gasteiger partial charge is 0.411 e. The molecule has 0 radical (unpaired) electrons. The molecule has 124 valence electrons. The van der Waals surface area contributed by atoms with Crippen molar-refractivity contribution in [2.45, 2.75) is 6.54 Å². The van der Waals surface area contributed by atoms with Crippen LogP contribution in [-0.4, -0.2) is 35.1 Å². The van der Waals surface area contributed by atoms with E-state index in [0.29, 0.717) is 25.4 Å². The van der Waals surface area contributed by atoms with Gasteiger partial charge in [0, 0.05) is 30.3 Å². The first-order chi connectivity index (χ1) is 11.5. The molecule has 3 rings (SSSR count). The van der Waals surface area contributed by atoms with E-state index in [2.05, 4.69) is 20.9 Å². The number of nitrogens with two attached hydrogens (primary N) is 1. The highest BCUT2D eigenvalue weighted by atomic mass is 79.9. The molecule has 7 nitrogen and oxygen atoms in total. The zero-order valence-electron chi connectivity index (χ0n) is 12.7. The summed E-state index contributed by atoms with van der Waals surface area (Å²) in [6.07, 6.45) is 2.50. The van der Waals surface area contributed by atoms with Crippen LogP contribution < -0.4 is 15.4 Å². The van der Waals surface area contributed by atoms with Crippen molar-refractivity contribution in [3.8, 4) is 5.75 Å². The number of carbonyl (C=O) groups is 2. The van der Waals surface area contributed by atoms with Gasteiger partial charge in [0.2, 0.25) is 0 Å². The molecule has 1 fully saturated rings. The average Bonchev–Trinajstić information content (AvgIpc) is 2.90. The number of amides is 3. The van der Waals surface area contributed by atoms with Crippen LogP contribution in [0.25, 0.3) is 0 Å². The van der Waals surface area contributed by atoms with Gasteiger partial charge in [-0.15, -0.1) is 0 Å². The van der Waals surface area contributed by atoms with E-state index in [0.717, 1.165) is 15.7 Å². The van der Waals surface area contributed by atoms with Crippen molar-refractivity contribution >= 4 is 33.7 Å². The Labute approximate surface area is 147 Å². The van der Waals surface area contributed by atoms with Crippen LogP contribution in [0.5, 0.6) is 5.75 Å². The quantitative estimate of drug-likeness (QED) is 0.868. The Morgan fingerprint density at radius 1 is 1.25 bits per heavy atom. The molecule has 0 unspecified atom stereocenters. The first-order valence-electron chi connectivity index (χ1n) is 7.26. The first-order valence-corrected chi connectivity index (χ1v) is 8.05. The van der Waals surface area contributed by atoms with Gasteiger partial charge < -0.3 is 15.4 Å². The molecule has 3 amide bonds. The van der Waals surface area contributed by atoms with Crippen LogP contribution in [0, 0.1) is 0 Å². The molecule has 0 atom stereocenters. The first kappa shape index (κ1) is 16.3. The molecule has 24 heavy (non-hydrogen) atoms. The van der Waals surface area contributed by atoms with Gasteiger partial charge >= 0.3 is 12.1 Å². The fraction of sp³-hybridized carbons (Fsp3) is 0.188. The summed E-state index contributed by atoms with van der Waals surface area (Å²) in [6, 6.07) is 8.70. The zero-order valence-corrected chi connectivity index (χ0v) is 14.3.